The van der Waals surface area contributed by atoms with Gasteiger partial charge in [-0.1, -0.05) is 0 Å². The summed E-state index contributed by atoms with van der Waals surface area (Å²) in [5.41, 5.74) is 2.03. The zero-order valence-corrected chi connectivity index (χ0v) is 18.1. The van der Waals surface area contributed by atoms with E-state index in [1.165, 1.54) is 24.3 Å². The topological polar surface area (TPSA) is 89.4 Å². The molecule has 0 radical (unpaired) electrons. The van der Waals surface area contributed by atoms with Gasteiger partial charge in [-0.15, -0.1) is 0 Å². The molecule has 4 aromatic rings. The third-order valence-corrected chi connectivity index (χ3v) is 5.89. The number of anilines is 1. The van der Waals surface area contributed by atoms with Crippen LogP contribution in [0.2, 0.25) is 0 Å². The first-order valence-electron chi connectivity index (χ1n) is 10.8. The number of carbonyl (C=O) groups is 1. The third-order valence-electron chi connectivity index (χ3n) is 5.89. The number of nitro benzene ring substituents is 1. The molecule has 9 nitrogen and oxygen atoms in total. The van der Waals surface area contributed by atoms with E-state index in [1.807, 2.05) is 29.1 Å². The number of nitro groups is 1. The lowest BCUT2D eigenvalue weighted by Crippen LogP contribution is -2.48. The fraction of sp³-hybridized carbons (Fsp3) is 0.167. The predicted molar refractivity (Wildman–Crippen MR) is 124 cm³/mol. The van der Waals surface area contributed by atoms with E-state index >= 15 is 0 Å². The van der Waals surface area contributed by atoms with Crippen LogP contribution < -0.4 is 4.90 Å². The highest BCUT2D eigenvalue weighted by molar-refractivity contribution is 5.97. The number of hydrogen-bond donors (Lipinski definition) is 0. The fourth-order valence-corrected chi connectivity index (χ4v) is 4.11. The molecule has 1 amide bonds. The third kappa shape index (κ3) is 4.01. The van der Waals surface area contributed by atoms with Crippen LogP contribution in [0.25, 0.3) is 11.5 Å². The Bertz CT molecular complexity index is 1310. The van der Waals surface area contributed by atoms with E-state index in [4.69, 9.17) is 0 Å². The molecule has 34 heavy (non-hydrogen) atoms. The van der Waals surface area contributed by atoms with Crippen LogP contribution in [0.4, 0.5) is 15.8 Å². The van der Waals surface area contributed by atoms with Gasteiger partial charge in [0.2, 0.25) is 0 Å². The number of non-ortho nitro benzene ring substituents is 1. The molecule has 1 aliphatic rings. The van der Waals surface area contributed by atoms with Crippen molar-refractivity contribution in [2.45, 2.75) is 0 Å². The highest BCUT2D eigenvalue weighted by Crippen LogP contribution is 2.24. The average Bonchev–Trinajstić information content (AvgIpc) is 3.54. The molecule has 2 aromatic heterocycles. The van der Waals surface area contributed by atoms with E-state index in [2.05, 4.69) is 10.00 Å². The molecule has 2 aromatic carbocycles. The van der Waals surface area contributed by atoms with Gasteiger partial charge in [-0.3, -0.25) is 14.9 Å². The van der Waals surface area contributed by atoms with E-state index in [0.717, 1.165) is 5.69 Å². The first-order valence-corrected chi connectivity index (χ1v) is 10.8. The first-order chi connectivity index (χ1) is 16.5. The maximum Gasteiger partial charge on any atom is 0.269 e. The van der Waals surface area contributed by atoms with E-state index in [9.17, 15) is 19.3 Å². The minimum absolute atomic E-state index is 0.0493. The van der Waals surface area contributed by atoms with Crippen molar-refractivity contribution in [2.24, 2.45) is 0 Å². The highest BCUT2D eigenvalue weighted by Gasteiger charge is 2.27. The van der Waals surface area contributed by atoms with Crippen molar-refractivity contribution in [3.63, 3.8) is 0 Å². The summed E-state index contributed by atoms with van der Waals surface area (Å²) in [6.45, 7) is 2.22. The smallest absolute Gasteiger partial charge is 0.269 e. The number of aromatic nitrogens is 3. The fourth-order valence-electron chi connectivity index (χ4n) is 4.11. The molecule has 0 saturated carbocycles. The highest BCUT2D eigenvalue weighted by atomic mass is 19.1. The maximum atomic E-state index is 13.5. The minimum atomic E-state index is -0.422. The number of halogens is 1. The molecule has 0 bridgehead atoms. The van der Waals surface area contributed by atoms with Gasteiger partial charge in [0.25, 0.3) is 11.6 Å². The molecule has 172 valence electrons. The molecule has 1 fully saturated rings. The molecular formula is C24H21FN6O3. The van der Waals surface area contributed by atoms with Gasteiger partial charge in [-0.25, -0.2) is 9.07 Å². The molecule has 10 heteroatoms. The summed E-state index contributed by atoms with van der Waals surface area (Å²) in [6, 6.07) is 16.1. The lowest BCUT2D eigenvalue weighted by atomic mass is 10.2. The van der Waals surface area contributed by atoms with Gasteiger partial charge < -0.3 is 14.4 Å². The van der Waals surface area contributed by atoms with Gasteiger partial charge in [0.1, 0.15) is 11.4 Å². The van der Waals surface area contributed by atoms with E-state index < -0.39 is 4.92 Å². The van der Waals surface area contributed by atoms with E-state index in [1.54, 1.807) is 40.0 Å². The van der Waals surface area contributed by atoms with Crippen LogP contribution in [0.15, 0.2) is 79.3 Å². The second-order valence-electron chi connectivity index (χ2n) is 7.91. The zero-order valence-electron chi connectivity index (χ0n) is 18.1. The molecular weight excluding hydrogens is 439 g/mol. The van der Waals surface area contributed by atoms with Gasteiger partial charge >= 0.3 is 0 Å². The largest absolute Gasteiger partial charge is 0.368 e. The van der Waals surface area contributed by atoms with Crippen molar-refractivity contribution >= 4 is 17.3 Å². The lowest BCUT2D eigenvalue weighted by Gasteiger charge is -2.36. The number of nitrogens with zero attached hydrogens (tertiary/aromatic N) is 6. The normalized spacial score (nSPS) is 13.8. The van der Waals surface area contributed by atoms with Crippen molar-refractivity contribution in [2.75, 3.05) is 31.1 Å². The molecule has 0 aliphatic carbocycles. The summed E-state index contributed by atoms with van der Waals surface area (Å²) in [7, 11) is 0. The van der Waals surface area contributed by atoms with Gasteiger partial charge in [0.05, 0.1) is 16.8 Å². The Hall–Kier alpha value is -4.47. The Morgan fingerprint density at radius 2 is 1.53 bits per heavy atom. The van der Waals surface area contributed by atoms with Gasteiger partial charge in [0, 0.05) is 56.4 Å². The van der Waals surface area contributed by atoms with Crippen molar-refractivity contribution in [1.82, 2.24) is 19.2 Å². The zero-order chi connectivity index (χ0) is 23.7. The van der Waals surface area contributed by atoms with E-state index in [-0.39, 0.29) is 17.4 Å². The summed E-state index contributed by atoms with van der Waals surface area (Å²) in [5, 5.41) is 15.3. The van der Waals surface area contributed by atoms with Crippen LogP contribution in [-0.4, -0.2) is 56.3 Å². The monoisotopic (exact) mass is 460 g/mol. The van der Waals surface area contributed by atoms with Crippen LogP contribution in [0.1, 0.15) is 10.4 Å². The van der Waals surface area contributed by atoms with Crippen LogP contribution in [0, 0.1) is 15.9 Å². The van der Waals surface area contributed by atoms with Crippen molar-refractivity contribution in [3.05, 3.63) is 101 Å². The minimum Gasteiger partial charge on any atom is -0.368 e. The van der Waals surface area contributed by atoms with Crippen LogP contribution in [0.5, 0.6) is 0 Å². The van der Waals surface area contributed by atoms with Crippen molar-refractivity contribution in [3.8, 4) is 11.5 Å². The van der Waals surface area contributed by atoms with Crippen molar-refractivity contribution in [1.29, 1.82) is 0 Å². The Morgan fingerprint density at radius 3 is 2.15 bits per heavy atom. The average molecular weight is 460 g/mol. The summed E-state index contributed by atoms with van der Waals surface area (Å²) in [6.07, 6.45) is 5.21. The summed E-state index contributed by atoms with van der Waals surface area (Å²) in [4.78, 5) is 27.8. The number of benzene rings is 2. The van der Waals surface area contributed by atoms with Crippen LogP contribution in [0.3, 0.4) is 0 Å². The van der Waals surface area contributed by atoms with Gasteiger partial charge in [-0.2, -0.15) is 5.10 Å². The number of hydrogen-bond acceptors (Lipinski definition) is 5. The second-order valence-corrected chi connectivity index (χ2v) is 7.91. The number of rotatable bonds is 5. The van der Waals surface area contributed by atoms with Crippen molar-refractivity contribution < 1.29 is 14.1 Å². The maximum absolute atomic E-state index is 13.5. The predicted octanol–water partition coefficient (Wildman–Crippen LogP) is 3.67. The van der Waals surface area contributed by atoms with E-state index in [0.29, 0.717) is 43.2 Å². The standard InChI is InChI=1S/C24H21FN6O3/c25-18-3-5-20(6-4-18)30-23(28-11-1-2-12-28)22(17-26-30)24(32)29-15-13-27(14-16-29)19-7-9-21(10-8-19)31(33)34/h1-12,17H,13-16H2. The van der Waals surface area contributed by atoms with Crippen LogP contribution in [-0.2, 0) is 0 Å². The van der Waals surface area contributed by atoms with Crippen LogP contribution >= 0.6 is 0 Å². The molecule has 1 saturated heterocycles. The lowest BCUT2D eigenvalue weighted by molar-refractivity contribution is -0.384. The second kappa shape index (κ2) is 8.81. The number of piperazine rings is 1. The number of carbonyl (C=O) groups excluding carboxylic acids is 1. The Kier molecular flexibility index (Phi) is 5.54. The summed E-state index contributed by atoms with van der Waals surface area (Å²) in [5.74, 6) is 0.0976. The number of amides is 1. The SMILES string of the molecule is O=C(c1cnn(-c2ccc(F)cc2)c1-n1cccc1)N1CCN(c2ccc([N+](=O)[O-])cc2)CC1. The Labute approximate surface area is 194 Å². The van der Waals surface area contributed by atoms with Gasteiger partial charge in [0.15, 0.2) is 5.82 Å². The summed E-state index contributed by atoms with van der Waals surface area (Å²) >= 11 is 0. The molecule has 0 spiro atoms. The molecule has 5 rings (SSSR count). The molecule has 0 atom stereocenters. The first kappa shape index (κ1) is 21.4. The molecule has 3 heterocycles. The summed E-state index contributed by atoms with van der Waals surface area (Å²) < 4.78 is 16.9. The Balaban J connectivity index is 1.37. The quantitative estimate of drug-likeness (QED) is 0.335. The molecule has 1 aliphatic heterocycles. The molecule has 0 N–H and O–H groups in total. The van der Waals surface area contributed by atoms with Gasteiger partial charge in [-0.05, 0) is 48.5 Å². The Morgan fingerprint density at radius 1 is 0.912 bits per heavy atom. The molecule has 0 unspecified atom stereocenters.